The molecule has 2 heterocycles. The van der Waals surface area contributed by atoms with Crippen molar-refractivity contribution in [2.75, 3.05) is 11.4 Å². The fraction of sp³-hybridized carbons (Fsp3) is 0.429. The summed E-state index contributed by atoms with van der Waals surface area (Å²) < 4.78 is 0. The number of hydrogen-bond acceptors (Lipinski definition) is 3. The number of nitrogens with one attached hydrogen (secondary N) is 1. The molecule has 1 N–H and O–H groups in total. The number of anilines is 2. The molecule has 4 rings (SSSR count). The van der Waals surface area contributed by atoms with Gasteiger partial charge in [0.05, 0.1) is 0 Å². The Morgan fingerprint density at radius 1 is 1.00 bits per heavy atom. The monoisotopic (exact) mass is 335 g/mol. The molecule has 1 aliphatic heterocycles. The SMILES string of the molecule is O=C(NC1CCCCCC1)c1cccc(N2CCc3ccccc32)n1. The average molecular weight is 335 g/mol. The number of nitrogens with zero attached hydrogens (tertiary/aromatic N) is 2. The highest BCUT2D eigenvalue weighted by Gasteiger charge is 2.22. The third kappa shape index (κ3) is 3.53. The smallest absolute Gasteiger partial charge is 0.270 e. The molecule has 0 bridgehead atoms. The fourth-order valence-corrected chi connectivity index (χ4v) is 3.96. The van der Waals surface area contributed by atoms with Crippen LogP contribution < -0.4 is 10.2 Å². The molecule has 4 nitrogen and oxygen atoms in total. The molecule has 1 aromatic heterocycles. The number of para-hydroxylation sites is 1. The van der Waals surface area contributed by atoms with Gasteiger partial charge in [0, 0.05) is 18.3 Å². The molecule has 25 heavy (non-hydrogen) atoms. The molecular formula is C21H25N3O. The van der Waals surface area contributed by atoms with Crippen LogP contribution in [0.1, 0.15) is 54.6 Å². The largest absolute Gasteiger partial charge is 0.348 e. The average Bonchev–Trinajstić information content (AvgIpc) is 2.92. The number of fused-ring (bicyclic) bond motifs is 1. The van der Waals surface area contributed by atoms with Gasteiger partial charge < -0.3 is 10.2 Å². The Bertz CT molecular complexity index is 750. The Morgan fingerprint density at radius 2 is 1.80 bits per heavy atom. The lowest BCUT2D eigenvalue weighted by atomic mass is 10.1. The number of hydrogen-bond donors (Lipinski definition) is 1. The molecule has 1 aromatic carbocycles. The molecule has 0 atom stereocenters. The van der Waals surface area contributed by atoms with Crippen molar-refractivity contribution < 1.29 is 4.79 Å². The summed E-state index contributed by atoms with van der Waals surface area (Å²) in [4.78, 5) is 19.5. The van der Waals surface area contributed by atoms with Gasteiger partial charge in [-0.3, -0.25) is 4.79 Å². The third-order valence-corrected chi connectivity index (χ3v) is 5.32. The molecule has 0 spiro atoms. The van der Waals surface area contributed by atoms with E-state index in [1.807, 2.05) is 18.2 Å². The molecule has 1 saturated carbocycles. The minimum absolute atomic E-state index is 0.0405. The number of pyridine rings is 1. The zero-order valence-corrected chi connectivity index (χ0v) is 14.6. The van der Waals surface area contributed by atoms with Crippen LogP contribution in [0.3, 0.4) is 0 Å². The normalized spacial score (nSPS) is 17.8. The van der Waals surface area contributed by atoms with Crippen LogP contribution in [0.15, 0.2) is 42.5 Å². The van der Waals surface area contributed by atoms with E-state index in [1.165, 1.54) is 36.9 Å². The number of aromatic nitrogens is 1. The molecule has 2 aromatic rings. The second-order valence-corrected chi connectivity index (χ2v) is 7.07. The highest BCUT2D eigenvalue weighted by atomic mass is 16.1. The van der Waals surface area contributed by atoms with Crippen molar-refractivity contribution in [3.8, 4) is 0 Å². The lowest BCUT2D eigenvalue weighted by Crippen LogP contribution is -2.35. The second-order valence-electron chi connectivity index (χ2n) is 7.07. The van der Waals surface area contributed by atoms with Gasteiger partial charge in [0.1, 0.15) is 11.5 Å². The van der Waals surface area contributed by atoms with Crippen LogP contribution in [0.5, 0.6) is 0 Å². The van der Waals surface area contributed by atoms with Gasteiger partial charge in [-0.2, -0.15) is 0 Å². The van der Waals surface area contributed by atoms with Gasteiger partial charge >= 0.3 is 0 Å². The van der Waals surface area contributed by atoms with Crippen LogP contribution in [0, 0.1) is 0 Å². The summed E-state index contributed by atoms with van der Waals surface area (Å²) in [5.74, 6) is 0.819. The van der Waals surface area contributed by atoms with Crippen molar-refractivity contribution in [1.82, 2.24) is 10.3 Å². The van der Waals surface area contributed by atoms with E-state index < -0.39 is 0 Å². The van der Waals surface area contributed by atoms with E-state index in [-0.39, 0.29) is 5.91 Å². The minimum atomic E-state index is -0.0405. The standard InChI is InChI=1S/C21H25N3O/c25-21(22-17-9-3-1-2-4-10-17)18-11-7-13-20(23-18)24-15-14-16-8-5-6-12-19(16)24/h5-8,11-13,17H,1-4,9-10,14-15H2,(H,22,25). The minimum Gasteiger partial charge on any atom is -0.348 e. The molecule has 1 aliphatic carbocycles. The maximum absolute atomic E-state index is 12.6. The third-order valence-electron chi connectivity index (χ3n) is 5.32. The van der Waals surface area contributed by atoms with Crippen molar-refractivity contribution in [3.63, 3.8) is 0 Å². The zero-order chi connectivity index (χ0) is 17.1. The molecule has 4 heteroatoms. The Labute approximate surface area is 149 Å². The molecule has 2 aliphatic rings. The summed E-state index contributed by atoms with van der Waals surface area (Å²) in [6.45, 7) is 0.917. The first kappa shape index (κ1) is 16.1. The Kier molecular flexibility index (Phi) is 4.68. The zero-order valence-electron chi connectivity index (χ0n) is 14.6. The van der Waals surface area contributed by atoms with E-state index in [2.05, 4.69) is 39.5 Å². The summed E-state index contributed by atoms with van der Waals surface area (Å²) in [5.41, 5.74) is 3.07. The topological polar surface area (TPSA) is 45.2 Å². The molecular weight excluding hydrogens is 310 g/mol. The summed E-state index contributed by atoms with van der Waals surface area (Å²) in [6.07, 6.45) is 8.20. The first-order valence-corrected chi connectivity index (χ1v) is 9.44. The Hall–Kier alpha value is -2.36. The van der Waals surface area contributed by atoms with Crippen molar-refractivity contribution in [3.05, 3.63) is 53.7 Å². The summed E-state index contributed by atoms with van der Waals surface area (Å²) in [5, 5.41) is 3.19. The van der Waals surface area contributed by atoms with Crippen molar-refractivity contribution >= 4 is 17.4 Å². The number of amides is 1. The van der Waals surface area contributed by atoms with Crippen molar-refractivity contribution in [2.45, 2.75) is 51.0 Å². The van der Waals surface area contributed by atoms with Crippen molar-refractivity contribution in [1.29, 1.82) is 0 Å². The number of carbonyl (C=O) groups is 1. The van der Waals surface area contributed by atoms with E-state index in [9.17, 15) is 4.79 Å². The first-order valence-electron chi connectivity index (χ1n) is 9.44. The van der Waals surface area contributed by atoms with Crippen LogP contribution in [-0.2, 0) is 6.42 Å². The summed E-state index contributed by atoms with van der Waals surface area (Å²) in [6, 6.07) is 14.5. The van der Waals surface area contributed by atoms with Crippen LogP contribution in [0.25, 0.3) is 0 Å². The first-order chi connectivity index (χ1) is 12.3. The van der Waals surface area contributed by atoms with Crippen LogP contribution in [0.4, 0.5) is 11.5 Å². The quantitative estimate of drug-likeness (QED) is 0.854. The predicted molar refractivity (Wildman–Crippen MR) is 100 cm³/mol. The lowest BCUT2D eigenvalue weighted by Gasteiger charge is -2.20. The number of benzene rings is 1. The highest BCUT2D eigenvalue weighted by Crippen LogP contribution is 2.33. The lowest BCUT2D eigenvalue weighted by molar-refractivity contribution is 0.0928. The Morgan fingerprint density at radius 3 is 2.64 bits per heavy atom. The predicted octanol–water partition coefficient (Wildman–Crippen LogP) is 4.23. The summed E-state index contributed by atoms with van der Waals surface area (Å²) in [7, 11) is 0. The van der Waals surface area contributed by atoms with Gasteiger partial charge in [-0.15, -0.1) is 0 Å². The van der Waals surface area contributed by atoms with Crippen LogP contribution >= 0.6 is 0 Å². The second kappa shape index (κ2) is 7.26. The molecule has 0 saturated heterocycles. The molecule has 0 unspecified atom stereocenters. The van der Waals surface area contributed by atoms with E-state index >= 15 is 0 Å². The van der Waals surface area contributed by atoms with Gasteiger partial charge in [-0.1, -0.05) is 49.9 Å². The maximum atomic E-state index is 12.6. The van der Waals surface area contributed by atoms with Gasteiger partial charge in [-0.25, -0.2) is 4.98 Å². The van der Waals surface area contributed by atoms with Gasteiger partial charge in [0.25, 0.3) is 5.91 Å². The molecule has 130 valence electrons. The summed E-state index contributed by atoms with van der Waals surface area (Å²) >= 11 is 0. The Balaban J connectivity index is 1.51. The number of rotatable bonds is 3. The molecule has 1 amide bonds. The molecule has 1 fully saturated rings. The van der Waals surface area contributed by atoms with Gasteiger partial charge in [0.2, 0.25) is 0 Å². The van der Waals surface area contributed by atoms with Crippen molar-refractivity contribution in [2.24, 2.45) is 0 Å². The van der Waals surface area contributed by atoms with Crippen LogP contribution in [0.2, 0.25) is 0 Å². The fourth-order valence-electron chi connectivity index (χ4n) is 3.96. The van der Waals surface area contributed by atoms with E-state index in [0.717, 1.165) is 31.6 Å². The van der Waals surface area contributed by atoms with E-state index in [1.54, 1.807) is 0 Å². The van der Waals surface area contributed by atoms with Crippen LogP contribution in [-0.4, -0.2) is 23.5 Å². The highest BCUT2D eigenvalue weighted by molar-refractivity contribution is 5.93. The van der Waals surface area contributed by atoms with E-state index in [0.29, 0.717) is 11.7 Å². The van der Waals surface area contributed by atoms with E-state index in [4.69, 9.17) is 0 Å². The maximum Gasteiger partial charge on any atom is 0.270 e. The molecule has 0 radical (unpaired) electrons. The van der Waals surface area contributed by atoms with Gasteiger partial charge in [-0.05, 0) is 43.0 Å². The number of carbonyl (C=O) groups excluding carboxylic acids is 1. The van der Waals surface area contributed by atoms with Gasteiger partial charge in [0.15, 0.2) is 0 Å².